The number of carboxylic acid groups (broad SMARTS) is 2. The van der Waals surface area contributed by atoms with Gasteiger partial charge in [0.25, 0.3) is 0 Å². The lowest BCUT2D eigenvalue weighted by molar-refractivity contribution is -0.164. The monoisotopic (exact) mass is 382 g/mol. The van der Waals surface area contributed by atoms with Gasteiger partial charge in [-0.15, -0.1) is 0 Å². The summed E-state index contributed by atoms with van der Waals surface area (Å²) in [6.45, 7) is 10.4. The van der Waals surface area contributed by atoms with E-state index in [0.717, 1.165) is 0 Å². The van der Waals surface area contributed by atoms with Crippen molar-refractivity contribution in [1.82, 2.24) is 0 Å². The Morgan fingerprint density at radius 2 is 1.48 bits per heavy atom. The van der Waals surface area contributed by atoms with Crippen LogP contribution in [0.25, 0.3) is 0 Å². The molecule has 1 aliphatic rings. The summed E-state index contributed by atoms with van der Waals surface area (Å²) in [7, 11) is 0. The van der Waals surface area contributed by atoms with Gasteiger partial charge in [-0.1, -0.05) is 53.7 Å². The molecule has 1 saturated heterocycles. The summed E-state index contributed by atoms with van der Waals surface area (Å²) < 4.78 is 26.3. The molecule has 6 nitrogen and oxygen atoms in total. The van der Waals surface area contributed by atoms with E-state index in [9.17, 15) is 19.8 Å². The number of ether oxygens (including phenoxy) is 2. The normalized spacial score (nSPS) is 16.6. The van der Waals surface area contributed by atoms with E-state index >= 15 is 4.39 Å². The van der Waals surface area contributed by atoms with Crippen LogP contribution in [0, 0.1) is 11.2 Å². The minimum atomic E-state index is -2.33. The van der Waals surface area contributed by atoms with Crippen LogP contribution in [0.3, 0.4) is 0 Å². The Bertz CT molecular complexity index is 737. The standard InChI is InChI=1S/C20H27FO6/c1-18(2,3)13-12(20(16(22)23,17(24)25)19(4,5)6)8-7-11(14(13)21)15-26-9-10-27-15/h7-8,15H,9-10H2,1-6H3,(H,22,23)(H,24,25). The molecule has 0 spiro atoms. The molecule has 1 fully saturated rings. The largest absolute Gasteiger partial charge is 0.480 e. The van der Waals surface area contributed by atoms with Crippen molar-refractivity contribution in [2.75, 3.05) is 13.2 Å². The van der Waals surface area contributed by atoms with Gasteiger partial charge in [-0.25, -0.2) is 4.39 Å². The van der Waals surface area contributed by atoms with E-state index in [1.165, 1.54) is 32.9 Å². The Hall–Kier alpha value is -1.99. The highest BCUT2D eigenvalue weighted by Crippen LogP contribution is 2.48. The Morgan fingerprint density at radius 3 is 1.85 bits per heavy atom. The van der Waals surface area contributed by atoms with E-state index < -0.39 is 40.3 Å². The van der Waals surface area contributed by atoms with Crippen LogP contribution in [-0.4, -0.2) is 35.4 Å². The molecule has 0 bridgehead atoms. The molecule has 0 amide bonds. The average Bonchev–Trinajstić information content (AvgIpc) is 2.98. The third-order valence-corrected chi connectivity index (χ3v) is 4.97. The zero-order valence-corrected chi connectivity index (χ0v) is 16.6. The number of benzene rings is 1. The smallest absolute Gasteiger partial charge is 0.326 e. The highest BCUT2D eigenvalue weighted by atomic mass is 19.1. The van der Waals surface area contributed by atoms with Crippen LogP contribution in [0.4, 0.5) is 4.39 Å². The summed E-state index contributed by atoms with van der Waals surface area (Å²) in [5.41, 5.74) is -4.29. The van der Waals surface area contributed by atoms with Crippen LogP contribution in [0.5, 0.6) is 0 Å². The molecular weight excluding hydrogens is 355 g/mol. The van der Waals surface area contributed by atoms with Gasteiger partial charge in [0.15, 0.2) is 11.7 Å². The van der Waals surface area contributed by atoms with Gasteiger partial charge in [-0.3, -0.25) is 9.59 Å². The maximum absolute atomic E-state index is 15.6. The van der Waals surface area contributed by atoms with Crippen molar-refractivity contribution in [3.05, 3.63) is 34.6 Å². The Balaban J connectivity index is 2.91. The first kappa shape index (κ1) is 21.3. The number of carbonyl (C=O) groups is 2. The van der Waals surface area contributed by atoms with E-state index in [0.29, 0.717) is 13.2 Å². The topological polar surface area (TPSA) is 93.1 Å². The first-order valence-corrected chi connectivity index (χ1v) is 8.79. The summed E-state index contributed by atoms with van der Waals surface area (Å²) in [6, 6.07) is 2.75. The van der Waals surface area contributed by atoms with Crippen molar-refractivity contribution in [3.8, 4) is 0 Å². The molecule has 7 heteroatoms. The summed E-state index contributed by atoms with van der Waals surface area (Å²) in [4.78, 5) is 24.6. The lowest BCUT2D eigenvalue weighted by Crippen LogP contribution is -2.54. The lowest BCUT2D eigenvalue weighted by Gasteiger charge is -2.41. The van der Waals surface area contributed by atoms with Gasteiger partial charge in [0.05, 0.1) is 13.2 Å². The van der Waals surface area contributed by atoms with Crippen molar-refractivity contribution in [3.63, 3.8) is 0 Å². The van der Waals surface area contributed by atoms with E-state index in [4.69, 9.17) is 9.47 Å². The summed E-state index contributed by atoms with van der Waals surface area (Å²) in [5.74, 6) is -3.76. The third kappa shape index (κ3) is 3.34. The second-order valence-electron chi connectivity index (χ2n) is 8.83. The maximum atomic E-state index is 15.6. The van der Waals surface area contributed by atoms with Gasteiger partial charge < -0.3 is 19.7 Å². The van der Waals surface area contributed by atoms with Crippen LogP contribution in [0.15, 0.2) is 12.1 Å². The molecule has 0 aliphatic carbocycles. The van der Waals surface area contributed by atoms with Crippen molar-refractivity contribution in [1.29, 1.82) is 0 Å². The molecule has 0 unspecified atom stereocenters. The number of carboxylic acids is 2. The molecule has 0 aromatic heterocycles. The zero-order valence-electron chi connectivity index (χ0n) is 16.6. The molecule has 0 atom stereocenters. The SMILES string of the molecule is CC(C)(C)c1c(C(C(=O)O)(C(=O)O)C(C)(C)C)ccc(C2OCCO2)c1F. The van der Waals surface area contributed by atoms with Crippen LogP contribution in [0.1, 0.15) is 64.5 Å². The van der Waals surface area contributed by atoms with Crippen molar-refractivity contribution in [2.24, 2.45) is 5.41 Å². The number of aliphatic carboxylic acids is 2. The Kier molecular flexibility index (Phi) is 5.42. The summed E-state index contributed by atoms with van der Waals surface area (Å²) in [6.07, 6.45) is -0.890. The second kappa shape index (κ2) is 6.87. The minimum absolute atomic E-state index is 0.0406. The fourth-order valence-electron chi connectivity index (χ4n) is 3.73. The van der Waals surface area contributed by atoms with Gasteiger partial charge in [-0.05, 0) is 22.0 Å². The molecular formula is C20H27FO6. The predicted octanol–water partition coefficient (Wildman–Crippen LogP) is 3.62. The summed E-state index contributed by atoms with van der Waals surface area (Å²) >= 11 is 0. The number of rotatable bonds is 4. The first-order valence-electron chi connectivity index (χ1n) is 8.79. The van der Waals surface area contributed by atoms with Gasteiger partial charge in [0, 0.05) is 5.56 Å². The molecule has 0 saturated carbocycles. The van der Waals surface area contributed by atoms with Gasteiger partial charge in [-0.2, -0.15) is 0 Å². The second-order valence-corrected chi connectivity index (χ2v) is 8.83. The van der Waals surface area contributed by atoms with Crippen LogP contribution >= 0.6 is 0 Å². The summed E-state index contributed by atoms with van der Waals surface area (Å²) in [5, 5.41) is 20.0. The molecule has 1 aromatic rings. The van der Waals surface area contributed by atoms with Crippen LogP contribution in [0.2, 0.25) is 0 Å². The molecule has 2 rings (SSSR count). The third-order valence-electron chi connectivity index (χ3n) is 4.97. The fourth-order valence-corrected chi connectivity index (χ4v) is 3.73. The van der Waals surface area contributed by atoms with E-state index in [-0.39, 0.29) is 16.7 Å². The van der Waals surface area contributed by atoms with Crippen molar-refractivity contribution in [2.45, 2.75) is 58.7 Å². The molecule has 150 valence electrons. The first-order chi connectivity index (χ1) is 12.3. The molecule has 27 heavy (non-hydrogen) atoms. The Morgan fingerprint density at radius 1 is 1.00 bits per heavy atom. The Labute approximate surface area is 158 Å². The van der Waals surface area contributed by atoms with Crippen molar-refractivity contribution < 1.29 is 33.7 Å². The highest BCUT2D eigenvalue weighted by Gasteiger charge is 2.59. The van der Waals surface area contributed by atoms with E-state index in [1.807, 2.05) is 0 Å². The fraction of sp³-hybridized carbons (Fsp3) is 0.600. The molecule has 1 aromatic carbocycles. The predicted molar refractivity (Wildman–Crippen MR) is 96.1 cm³/mol. The maximum Gasteiger partial charge on any atom is 0.326 e. The van der Waals surface area contributed by atoms with Gasteiger partial charge in [0.2, 0.25) is 0 Å². The van der Waals surface area contributed by atoms with Crippen LogP contribution < -0.4 is 0 Å². The molecule has 1 aliphatic heterocycles. The van der Waals surface area contributed by atoms with Crippen molar-refractivity contribution >= 4 is 11.9 Å². The van der Waals surface area contributed by atoms with E-state index in [2.05, 4.69) is 0 Å². The molecule has 0 radical (unpaired) electrons. The number of hydrogen-bond donors (Lipinski definition) is 2. The quantitative estimate of drug-likeness (QED) is 0.773. The number of halogens is 1. The molecule has 2 N–H and O–H groups in total. The van der Waals surface area contributed by atoms with Crippen LogP contribution in [-0.2, 0) is 29.9 Å². The van der Waals surface area contributed by atoms with Gasteiger partial charge >= 0.3 is 11.9 Å². The lowest BCUT2D eigenvalue weighted by atomic mass is 9.59. The average molecular weight is 382 g/mol. The van der Waals surface area contributed by atoms with Gasteiger partial charge in [0.1, 0.15) is 5.82 Å². The molecule has 1 heterocycles. The minimum Gasteiger partial charge on any atom is -0.480 e. The van der Waals surface area contributed by atoms with E-state index in [1.54, 1.807) is 20.8 Å². The number of hydrogen-bond acceptors (Lipinski definition) is 4. The highest BCUT2D eigenvalue weighted by molar-refractivity contribution is 6.06. The zero-order chi connectivity index (χ0) is 20.8.